The first kappa shape index (κ1) is 18.8. The normalized spacial score (nSPS) is 26.4. The first-order valence-corrected chi connectivity index (χ1v) is 11.6. The smallest absolute Gasteiger partial charge is 0.212 e. The lowest BCUT2D eigenvalue weighted by molar-refractivity contribution is 0.138. The van der Waals surface area contributed by atoms with Gasteiger partial charge in [0.1, 0.15) is 5.82 Å². The minimum absolute atomic E-state index is 0.0865. The van der Waals surface area contributed by atoms with E-state index in [0.29, 0.717) is 37.9 Å². The molecule has 0 saturated carbocycles. The first-order chi connectivity index (χ1) is 11.6. The highest BCUT2D eigenvalue weighted by Gasteiger charge is 2.49. The highest BCUT2D eigenvalue weighted by molar-refractivity contribution is 7.89. The van der Waals surface area contributed by atoms with Gasteiger partial charge in [0.15, 0.2) is 0 Å². The van der Waals surface area contributed by atoms with E-state index in [1.807, 2.05) is 0 Å². The third kappa shape index (κ3) is 3.34. The third-order valence-electron chi connectivity index (χ3n) is 5.23. The molecule has 0 aromatic heterocycles. The summed E-state index contributed by atoms with van der Waals surface area (Å²) in [6, 6.07) is 3.88. The van der Waals surface area contributed by atoms with Gasteiger partial charge in [-0.3, -0.25) is 0 Å². The molecule has 0 amide bonds. The molecule has 1 spiro atoms. The van der Waals surface area contributed by atoms with E-state index in [2.05, 4.69) is 0 Å². The molecule has 0 aliphatic carbocycles. The summed E-state index contributed by atoms with van der Waals surface area (Å²) in [5.41, 5.74) is -0.296. The molecule has 2 aliphatic rings. The Bertz CT molecular complexity index is 885. The summed E-state index contributed by atoms with van der Waals surface area (Å²) in [5, 5.41) is 0. The molecular weight excluding hydrogens is 367 g/mol. The fourth-order valence-corrected chi connectivity index (χ4v) is 6.97. The fraction of sp³-hybridized carbons (Fsp3) is 0.625. The van der Waals surface area contributed by atoms with Crippen LogP contribution in [-0.4, -0.2) is 56.9 Å². The second kappa shape index (κ2) is 6.29. The molecule has 1 atom stereocenters. The number of nitrogens with zero attached hydrogens (tertiary/aromatic N) is 2. The highest BCUT2D eigenvalue weighted by atomic mass is 32.2. The standard InChI is InChI=1S/C16H23FN2O4S2/c1-13-5-6-14(11-15(13)17)25(22,23)18-9-3-7-16(12-18)8-4-10-19(16)24(2,20)21/h5-6,11H,3-4,7-10,12H2,1-2H3. The van der Waals surface area contributed by atoms with Crippen molar-refractivity contribution in [2.24, 2.45) is 0 Å². The molecule has 1 aromatic rings. The molecule has 25 heavy (non-hydrogen) atoms. The van der Waals surface area contributed by atoms with Crippen LogP contribution in [0, 0.1) is 12.7 Å². The maximum atomic E-state index is 13.8. The largest absolute Gasteiger partial charge is 0.243 e. The number of benzene rings is 1. The number of hydrogen-bond donors (Lipinski definition) is 0. The molecule has 2 saturated heterocycles. The van der Waals surface area contributed by atoms with Crippen LogP contribution in [0.3, 0.4) is 0 Å². The maximum Gasteiger partial charge on any atom is 0.243 e. The Morgan fingerprint density at radius 3 is 2.32 bits per heavy atom. The summed E-state index contributed by atoms with van der Waals surface area (Å²) >= 11 is 0. The molecule has 1 unspecified atom stereocenters. The van der Waals surface area contributed by atoms with Crippen molar-refractivity contribution in [3.05, 3.63) is 29.6 Å². The second-order valence-corrected chi connectivity index (χ2v) is 10.9. The molecule has 2 heterocycles. The van der Waals surface area contributed by atoms with Crippen LogP contribution in [0.15, 0.2) is 23.1 Å². The number of aryl methyl sites for hydroxylation is 1. The third-order valence-corrected chi connectivity index (χ3v) is 8.45. The lowest BCUT2D eigenvalue weighted by Gasteiger charge is -2.44. The van der Waals surface area contributed by atoms with Crippen molar-refractivity contribution in [1.82, 2.24) is 8.61 Å². The van der Waals surface area contributed by atoms with Gasteiger partial charge < -0.3 is 0 Å². The average Bonchev–Trinajstić information content (AvgIpc) is 2.93. The van der Waals surface area contributed by atoms with Gasteiger partial charge in [-0.25, -0.2) is 21.2 Å². The van der Waals surface area contributed by atoms with Gasteiger partial charge in [-0.15, -0.1) is 0 Å². The summed E-state index contributed by atoms with van der Waals surface area (Å²) in [6.07, 6.45) is 3.77. The van der Waals surface area contributed by atoms with Gasteiger partial charge in [0.05, 0.1) is 11.2 Å². The summed E-state index contributed by atoms with van der Waals surface area (Å²) in [4.78, 5) is -0.0865. The number of sulfonamides is 2. The Hall–Kier alpha value is -1.03. The zero-order valence-corrected chi connectivity index (χ0v) is 16.0. The maximum absolute atomic E-state index is 13.8. The Morgan fingerprint density at radius 2 is 1.72 bits per heavy atom. The quantitative estimate of drug-likeness (QED) is 0.788. The minimum atomic E-state index is -3.86. The van der Waals surface area contributed by atoms with Crippen molar-refractivity contribution in [1.29, 1.82) is 0 Å². The van der Waals surface area contributed by atoms with E-state index in [1.54, 1.807) is 6.92 Å². The van der Waals surface area contributed by atoms with Crippen molar-refractivity contribution in [2.45, 2.75) is 43.0 Å². The van der Waals surface area contributed by atoms with Crippen LogP contribution >= 0.6 is 0 Å². The number of hydrogen-bond acceptors (Lipinski definition) is 4. The molecule has 140 valence electrons. The van der Waals surface area contributed by atoms with Crippen LogP contribution in [0.2, 0.25) is 0 Å². The van der Waals surface area contributed by atoms with Gasteiger partial charge in [-0.2, -0.15) is 8.61 Å². The van der Waals surface area contributed by atoms with E-state index in [0.717, 1.165) is 12.5 Å². The van der Waals surface area contributed by atoms with E-state index in [1.165, 1.54) is 27.0 Å². The van der Waals surface area contributed by atoms with Crippen LogP contribution in [0.4, 0.5) is 4.39 Å². The van der Waals surface area contributed by atoms with Crippen molar-refractivity contribution in [2.75, 3.05) is 25.9 Å². The highest BCUT2D eigenvalue weighted by Crippen LogP contribution is 2.40. The van der Waals surface area contributed by atoms with Crippen LogP contribution in [-0.2, 0) is 20.0 Å². The molecule has 2 aliphatic heterocycles. The molecule has 0 bridgehead atoms. The average molecular weight is 391 g/mol. The van der Waals surface area contributed by atoms with Crippen molar-refractivity contribution in [3.63, 3.8) is 0 Å². The van der Waals surface area contributed by atoms with Gasteiger partial charge >= 0.3 is 0 Å². The monoisotopic (exact) mass is 390 g/mol. The number of rotatable bonds is 3. The van der Waals surface area contributed by atoms with Gasteiger partial charge in [0.25, 0.3) is 0 Å². The SMILES string of the molecule is Cc1ccc(S(=O)(=O)N2CCCC3(CCCN3S(C)(=O)=O)C2)cc1F. The van der Waals surface area contributed by atoms with E-state index in [4.69, 9.17) is 0 Å². The topological polar surface area (TPSA) is 74.8 Å². The molecule has 2 fully saturated rings. The predicted octanol–water partition coefficient (Wildman–Crippen LogP) is 1.71. The van der Waals surface area contributed by atoms with Gasteiger partial charge in [-0.1, -0.05) is 6.07 Å². The lowest BCUT2D eigenvalue weighted by atomic mass is 9.89. The molecule has 9 heteroatoms. The van der Waals surface area contributed by atoms with E-state index >= 15 is 0 Å². The number of halogens is 1. The summed E-state index contributed by atoms with van der Waals surface area (Å²) in [7, 11) is -7.27. The Morgan fingerprint density at radius 1 is 1.08 bits per heavy atom. The first-order valence-electron chi connectivity index (χ1n) is 8.30. The Balaban J connectivity index is 1.94. The minimum Gasteiger partial charge on any atom is -0.212 e. The van der Waals surface area contributed by atoms with Crippen LogP contribution in [0.5, 0.6) is 0 Å². The van der Waals surface area contributed by atoms with Gasteiger partial charge in [0, 0.05) is 25.2 Å². The van der Waals surface area contributed by atoms with Gasteiger partial charge in [-0.05, 0) is 50.3 Å². The Labute approximate surface area is 148 Å². The molecular formula is C16H23FN2O4S2. The summed E-state index contributed by atoms with van der Waals surface area (Å²) in [5.74, 6) is -0.563. The van der Waals surface area contributed by atoms with E-state index in [9.17, 15) is 21.2 Å². The van der Waals surface area contributed by atoms with E-state index in [-0.39, 0.29) is 11.4 Å². The fourth-order valence-electron chi connectivity index (χ4n) is 4.00. The van der Waals surface area contributed by atoms with E-state index < -0.39 is 31.4 Å². The van der Waals surface area contributed by atoms with Crippen LogP contribution < -0.4 is 0 Å². The zero-order valence-electron chi connectivity index (χ0n) is 14.4. The van der Waals surface area contributed by atoms with Crippen molar-refractivity contribution < 1.29 is 21.2 Å². The molecule has 0 radical (unpaired) electrons. The lowest BCUT2D eigenvalue weighted by Crippen LogP contribution is -2.58. The second-order valence-electron chi connectivity index (χ2n) is 7.02. The summed E-state index contributed by atoms with van der Waals surface area (Å²) < 4.78 is 66.7. The van der Waals surface area contributed by atoms with Crippen LogP contribution in [0.1, 0.15) is 31.2 Å². The molecule has 6 nitrogen and oxygen atoms in total. The number of piperidine rings is 1. The Kier molecular flexibility index (Phi) is 4.72. The van der Waals surface area contributed by atoms with Crippen molar-refractivity contribution >= 4 is 20.0 Å². The molecule has 3 rings (SSSR count). The summed E-state index contributed by atoms with van der Waals surface area (Å²) in [6.45, 7) is 2.44. The molecule has 0 N–H and O–H groups in total. The van der Waals surface area contributed by atoms with Gasteiger partial charge in [0.2, 0.25) is 20.0 Å². The van der Waals surface area contributed by atoms with Crippen LogP contribution in [0.25, 0.3) is 0 Å². The molecule has 1 aromatic carbocycles. The zero-order chi connectivity index (χ0) is 18.5. The predicted molar refractivity (Wildman–Crippen MR) is 92.6 cm³/mol. The van der Waals surface area contributed by atoms with Crippen molar-refractivity contribution in [3.8, 4) is 0 Å².